The lowest BCUT2D eigenvalue weighted by atomic mass is 9.67. The van der Waals surface area contributed by atoms with Gasteiger partial charge in [0.2, 0.25) is 0 Å². The third-order valence-corrected chi connectivity index (χ3v) is 17.2. The summed E-state index contributed by atoms with van der Waals surface area (Å²) in [5.74, 6) is 0. The minimum Gasteiger partial charge on any atom is -0.314 e. The molecule has 2 aromatic heterocycles. The van der Waals surface area contributed by atoms with E-state index in [9.17, 15) is 0 Å². The predicted molar refractivity (Wildman–Crippen MR) is 313 cm³/mol. The zero-order chi connectivity index (χ0) is 48.7. The molecule has 0 spiro atoms. The molecule has 0 saturated heterocycles. The normalized spacial score (nSPS) is 13.5. The van der Waals surface area contributed by atoms with Crippen LogP contribution >= 0.6 is 11.3 Å². The van der Waals surface area contributed by atoms with Gasteiger partial charge < -0.3 is 9.47 Å². The lowest BCUT2D eigenvalue weighted by Crippen LogP contribution is -2.29. The average Bonchev–Trinajstić information content (AvgIpc) is 4.22. The van der Waals surface area contributed by atoms with Crippen LogP contribution in [-0.4, -0.2) is 4.57 Å². The van der Waals surface area contributed by atoms with Crippen molar-refractivity contribution in [3.63, 3.8) is 0 Å². The Morgan fingerprint density at radius 1 is 0.405 bits per heavy atom. The molecule has 2 aliphatic rings. The maximum absolute atomic E-state index is 2.59. The molecule has 348 valence electrons. The van der Waals surface area contributed by atoms with Crippen molar-refractivity contribution in [1.29, 1.82) is 0 Å². The van der Waals surface area contributed by atoms with Gasteiger partial charge in [0.15, 0.2) is 0 Å². The van der Waals surface area contributed by atoms with Crippen molar-refractivity contribution in [3.05, 3.63) is 300 Å². The van der Waals surface area contributed by atoms with Gasteiger partial charge in [-0.15, -0.1) is 11.3 Å². The van der Waals surface area contributed by atoms with Crippen molar-refractivity contribution in [1.82, 2.24) is 4.57 Å². The van der Waals surface area contributed by atoms with Crippen LogP contribution in [0.3, 0.4) is 0 Å². The molecule has 74 heavy (non-hydrogen) atoms. The van der Waals surface area contributed by atoms with Crippen LogP contribution in [0, 0.1) is 0 Å². The first-order chi connectivity index (χ1) is 36.7. The van der Waals surface area contributed by atoms with E-state index in [1.54, 1.807) is 0 Å². The van der Waals surface area contributed by atoms with Crippen LogP contribution < -0.4 is 4.90 Å². The lowest BCUT2D eigenvalue weighted by Gasteiger charge is -2.35. The quantitative estimate of drug-likeness (QED) is 0.147. The summed E-state index contributed by atoms with van der Waals surface area (Å²) in [6.45, 7) is 0. The summed E-state index contributed by atoms with van der Waals surface area (Å²) in [7, 11) is 0. The minimum atomic E-state index is -0.531. The second kappa shape index (κ2) is 17.1. The van der Waals surface area contributed by atoms with Crippen LogP contribution in [0.25, 0.3) is 87.0 Å². The van der Waals surface area contributed by atoms with Gasteiger partial charge in [-0.1, -0.05) is 212 Å². The number of allylic oxidation sites excluding steroid dienone is 1. The van der Waals surface area contributed by atoms with E-state index >= 15 is 0 Å². The van der Waals surface area contributed by atoms with E-state index in [4.69, 9.17) is 0 Å². The van der Waals surface area contributed by atoms with Gasteiger partial charge in [-0.3, -0.25) is 0 Å². The average molecular weight is 961 g/mol. The Balaban J connectivity index is 1.01. The fourth-order valence-corrected chi connectivity index (χ4v) is 14.0. The highest BCUT2D eigenvalue weighted by molar-refractivity contribution is 7.27. The van der Waals surface area contributed by atoms with E-state index in [2.05, 4.69) is 276 Å². The predicted octanol–water partition coefficient (Wildman–Crippen LogP) is 19.0. The van der Waals surface area contributed by atoms with E-state index < -0.39 is 5.41 Å². The molecule has 0 amide bonds. The molecule has 0 unspecified atom stereocenters. The van der Waals surface area contributed by atoms with Crippen molar-refractivity contribution < 1.29 is 0 Å². The Labute approximate surface area is 435 Å². The molecule has 2 heterocycles. The van der Waals surface area contributed by atoms with E-state index in [1.165, 1.54) is 114 Å². The van der Waals surface area contributed by atoms with Gasteiger partial charge in [0.25, 0.3) is 0 Å². The van der Waals surface area contributed by atoms with Crippen molar-refractivity contribution in [2.45, 2.75) is 18.3 Å². The Morgan fingerprint density at radius 2 is 0.959 bits per heavy atom. The summed E-state index contributed by atoms with van der Waals surface area (Å²) in [6.07, 6.45) is 4.27. The maximum atomic E-state index is 2.59. The van der Waals surface area contributed by atoms with Crippen LogP contribution in [0.15, 0.2) is 267 Å². The fraction of sp³-hybridized carbons (Fsp3) is 0.0423. The largest absolute Gasteiger partial charge is 0.314 e. The van der Waals surface area contributed by atoms with Gasteiger partial charge in [0.05, 0.1) is 16.6 Å². The van der Waals surface area contributed by atoms with Crippen LogP contribution in [0.4, 0.5) is 11.4 Å². The number of nitrogens with zero attached hydrogens (tertiary/aromatic N) is 2. The first kappa shape index (κ1) is 42.6. The topological polar surface area (TPSA) is 8.17 Å². The van der Waals surface area contributed by atoms with Crippen LogP contribution in [0.5, 0.6) is 0 Å². The number of fused-ring (bicyclic) bond motifs is 13. The second-order valence-corrected chi connectivity index (χ2v) is 20.9. The number of para-hydroxylation sites is 1. The number of aromatic nitrogens is 1. The lowest BCUT2D eigenvalue weighted by molar-refractivity contribution is 0.768. The Morgan fingerprint density at radius 3 is 1.66 bits per heavy atom. The molecule has 0 bridgehead atoms. The number of thiophene rings is 1. The number of rotatable bonds is 8. The van der Waals surface area contributed by atoms with Crippen LogP contribution in [0.2, 0.25) is 0 Å². The molecule has 0 N–H and O–H groups in total. The molecule has 3 heteroatoms. The van der Waals surface area contributed by atoms with E-state index in [0.29, 0.717) is 0 Å². The minimum absolute atomic E-state index is 0.531. The van der Waals surface area contributed by atoms with Crippen molar-refractivity contribution in [3.8, 4) is 39.1 Å². The SMILES string of the molecule is C1=C(N(c2ccc(-c3ccccc3)cc2)c2ccc3c(c2)C(c2ccccc2)(c2ccccc2)c2ccccc2-3)CCc2c1n(-c1ccccc1)c1c3ccccc3c3sc4ccc(-c5ccccc5)cc4c3c21. The zero-order valence-electron chi connectivity index (χ0n) is 40.6. The molecule has 0 radical (unpaired) electrons. The molecule has 0 saturated carbocycles. The summed E-state index contributed by atoms with van der Waals surface area (Å²) in [5.41, 5.74) is 20.7. The standard InChI is InChI=1S/C71H48N2S/c1-6-20-47(21-7-1)49-34-37-54(38-35-49)72(55-39-41-58-57-30-18-19-33-63(57)71(64(58)45-55,51-24-10-3-11-25-51)52-26-12-4-13-27-52)56-40-42-61-65(46-56)73(53-28-14-5-15-29-53)69-59-31-16-17-32-60(59)70-68(67(61)69)62-44-50(36-43-66(62)74-70)48-22-8-2-9-23-48/h1-39,41,43-46H,40,42H2. The molecule has 13 aromatic rings. The van der Waals surface area contributed by atoms with E-state index in [1.807, 2.05) is 11.3 Å². The highest BCUT2D eigenvalue weighted by Gasteiger charge is 2.46. The van der Waals surface area contributed by atoms with Gasteiger partial charge in [0, 0.05) is 59.1 Å². The van der Waals surface area contributed by atoms with E-state index in [-0.39, 0.29) is 0 Å². The fourth-order valence-electron chi connectivity index (χ4n) is 12.8. The van der Waals surface area contributed by atoms with Gasteiger partial charge in [-0.2, -0.15) is 0 Å². The summed E-state index contributed by atoms with van der Waals surface area (Å²) in [5, 5.41) is 6.64. The van der Waals surface area contributed by atoms with Crippen molar-refractivity contribution in [2.24, 2.45) is 0 Å². The Kier molecular flexibility index (Phi) is 9.83. The molecule has 11 aromatic carbocycles. The van der Waals surface area contributed by atoms with Gasteiger partial charge in [0.1, 0.15) is 0 Å². The number of aryl methyl sites for hydroxylation is 1. The van der Waals surface area contributed by atoms with Gasteiger partial charge >= 0.3 is 0 Å². The van der Waals surface area contributed by atoms with Gasteiger partial charge in [-0.05, 0) is 129 Å². The molecular formula is C71H48N2S. The summed E-state index contributed by atoms with van der Waals surface area (Å²) < 4.78 is 5.26. The maximum Gasteiger partial charge on any atom is 0.0714 e. The van der Waals surface area contributed by atoms with Crippen LogP contribution in [0.1, 0.15) is 39.9 Å². The van der Waals surface area contributed by atoms with Crippen molar-refractivity contribution >= 4 is 70.6 Å². The smallest absolute Gasteiger partial charge is 0.0714 e. The summed E-state index contributed by atoms with van der Waals surface area (Å²) >= 11 is 1.93. The second-order valence-electron chi connectivity index (χ2n) is 19.8. The number of anilines is 2. The van der Waals surface area contributed by atoms with Crippen molar-refractivity contribution in [2.75, 3.05) is 4.90 Å². The number of hydrogen-bond acceptors (Lipinski definition) is 2. The molecule has 2 nitrogen and oxygen atoms in total. The summed E-state index contributed by atoms with van der Waals surface area (Å²) in [6, 6.07) is 96.8. The highest BCUT2D eigenvalue weighted by Crippen LogP contribution is 2.58. The molecule has 2 aliphatic carbocycles. The van der Waals surface area contributed by atoms with Crippen LogP contribution in [-0.2, 0) is 11.8 Å². The molecule has 0 aliphatic heterocycles. The third kappa shape index (κ3) is 6.43. The Hall–Kier alpha value is -9.02. The third-order valence-electron chi connectivity index (χ3n) is 16.0. The highest BCUT2D eigenvalue weighted by atomic mass is 32.1. The summed E-state index contributed by atoms with van der Waals surface area (Å²) in [4.78, 5) is 2.56. The number of hydrogen-bond donors (Lipinski definition) is 0. The monoisotopic (exact) mass is 960 g/mol. The molecule has 0 atom stereocenters. The first-order valence-corrected chi connectivity index (χ1v) is 26.6. The molecule has 15 rings (SSSR count). The Bertz CT molecular complexity index is 4280. The van der Waals surface area contributed by atoms with E-state index in [0.717, 1.165) is 29.9 Å². The molecule has 0 fully saturated rings. The first-order valence-electron chi connectivity index (χ1n) is 25.8. The number of benzene rings is 11. The van der Waals surface area contributed by atoms with Gasteiger partial charge in [-0.25, -0.2) is 0 Å². The zero-order valence-corrected chi connectivity index (χ0v) is 41.4. The molecular weight excluding hydrogens is 913 g/mol.